The molecule has 0 saturated carbocycles. The van der Waals surface area contributed by atoms with Gasteiger partial charge in [0.2, 0.25) is 5.91 Å². The smallest absolute Gasteiger partial charge is 0.250 e. The maximum absolute atomic E-state index is 12.1. The molecule has 1 amide bonds. The second kappa shape index (κ2) is 7.03. The number of thiazole rings is 1. The monoisotopic (exact) mass is 353 g/mol. The van der Waals surface area contributed by atoms with E-state index in [0.717, 1.165) is 16.8 Å². The van der Waals surface area contributed by atoms with E-state index in [4.69, 9.17) is 0 Å². The van der Waals surface area contributed by atoms with Crippen LogP contribution in [-0.4, -0.2) is 15.5 Å². The van der Waals surface area contributed by atoms with Crippen molar-refractivity contribution in [2.24, 2.45) is 0 Å². The third-order valence-electron chi connectivity index (χ3n) is 4.08. The zero-order valence-corrected chi connectivity index (χ0v) is 15.2. The molecule has 2 heterocycles. The third kappa shape index (κ3) is 3.85. The molecule has 5 nitrogen and oxygen atoms in total. The van der Waals surface area contributed by atoms with E-state index in [2.05, 4.69) is 43.2 Å². The van der Waals surface area contributed by atoms with E-state index in [9.17, 15) is 9.59 Å². The summed E-state index contributed by atoms with van der Waals surface area (Å²) in [5, 5.41) is 5.22. The zero-order chi connectivity index (χ0) is 18.0. The van der Waals surface area contributed by atoms with Crippen molar-refractivity contribution < 1.29 is 4.79 Å². The van der Waals surface area contributed by atoms with Crippen LogP contribution in [0.5, 0.6) is 0 Å². The van der Waals surface area contributed by atoms with Crippen molar-refractivity contribution >= 4 is 22.4 Å². The topological polar surface area (TPSA) is 64.0 Å². The number of amides is 1. The number of aryl methyl sites for hydroxylation is 3. The van der Waals surface area contributed by atoms with Crippen LogP contribution in [0.25, 0.3) is 11.3 Å². The lowest BCUT2D eigenvalue weighted by molar-refractivity contribution is -0.116. The summed E-state index contributed by atoms with van der Waals surface area (Å²) >= 11 is 1.38. The fraction of sp³-hybridized carbons (Fsp3) is 0.211. The number of carbonyl (C=O) groups is 1. The van der Waals surface area contributed by atoms with Gasteiger partial charge in [-0.25, -0.2) is 4.98 Å². The van der Waals surface area contributed by atoms with Gasteiger partial charge in [0.25, 0.3) is 5.56 Å². The van der Waals surface area contributed by atoms with Crippen LogP contribution in [0.2, 0.25) is 0 Å². The van der Waals surface area contributed by atoms with Gasteiger partial charge in [-0.3, -0.25) is 9.59 Å². The van der Waals surface area contributed by atoms with Crippen molar-refractivity contribution in [2.75, 3.05) is 5.32 Å². The molecule has 3 rings (SSSR count). The Kier molecular flexibility index (Phi) is 4.81. The van der Waals surface area contributed by atoms with E-state index in [1.54, 1.807) is 18.3 Å². The Morgan fingerprint density at radius 2 is 1.92 bits per heavy atom. The molecule has 128 valence electrons. The average molecular weight is 353 g/mol. The molecule has 0 aliphatic rings. The van der Waals surface area contributed by atoms with Crippen LogP contribution in [0.4, 0.5) is 5.13 Å². The summed E-state index contributed by atoms with van der Waals surface area (Å²) < 4.78 is 1.36. The van der Waals surface area contributed by atoms with Crippen LogP contribution >= 0.6 is 11.3 Å². The van der Waals surface area contributed by atoms with Gasteiger partial charge >= 0.3 is 0 Å². The summed E-state index contributed by atoms with van der Waals surface area (Å²) in [4.78, 5) is 28.3. The van der Waals surface area contributed by atoms with Gasteiger partial charge in [-0.2, -0.15) is 0 Å². The zero-order valence-electron chi connectivity index (χ0n) is 14.4. The summed E-state index contributed by atoms with van der Waals surface area (Å²) in [6.45, 7) is 6.19. The Morgan fingerprint density at radius 1 is 1.16 bits per heavy atom. The van der Waals surface area contributed by atoms with E-state index in [-0.39, 0.29) is 18.0 Å². The molecule has 0 unspecified atom stereocenters. The molecule has 0 fully saturated rings. The lowest BCUT2D eigenvalue weighted by atomic mass is 9.99. The fourth-order valence-electron chi connectivity index (χ4n) is 2.60. The summed E-state index contributed by atoms with van der Waals surface area (Å²) in [5.41, 5.74) is 5.32. The van der Waals surface area contributed by atoms with Gasteiger partial charge in [-0.1, -0.05) is 12.1 Å². The van der Waals surface area contributed by atoms with Gasteiger partial charge in [0, 0.05) is 23.2 Å². The Hall–Kier alpha value is -2.73. The maximum Gasteiger partial charge on any atom is 0.250 e. The number of anilines is 1. The van der Waals surface area contributed by atoms with Gasteiger partial charge in [-0.15, -0.1) is 11.3 Å². The molecule has 0 saturated heterocycles. The third-order valence-corrected chi connectivity index (χ3v) is 4.84. The second-order valence-corrected chi connectivity index (χ2v) is 6.86. The Morgan fingerprint density at radius 3 is 2.68 bits per heavy atom. The molecule has 1 aromatic carbocycles. The summed E-state index contributed by atoms with van der Waals surface area (Å²) in [5.74, 6) is -0.272. The Bertz CT molecular complexity index is 988. The SMILES string of the molecule is Cc1cc(C)c(-c2csc(NC(=O)Cn3ccccc3=O)n2)cc1C. The Balaban J connectivity index is 1.76. The number of benzene rings is 1. The van der Waals surface area contributed by atoms with E-state index in [0.29, 0.717) is 5.13 Å². The normalized spacial score (nSPS) is 10.7. The molecule has 0 aliphatic carbocycles. The van der Waals surface area contributed by atoms with E-state index in [1.807, 2.05) is 5.38 Å². The van der Waals surface area contributed by atoms with Gasteiger partial charge in [0.05, 0.1) is 5.69 Å². The van der Waals surface area contributed by atoms with Crippen molar-refractivity contribution in [1.82, 2.24) is 9.55 Å². The molecule has 6 heteroatoms. The predicted molar refractivity (Wildman–Crippen MR) is 101 cm³/mol. The minimum absolute atomic E-state index is 0.0305. The molecule has 0 bridgehead atoms. The van der Waals surface area contributed by atoms with Crippen molar-refractivity contribution in [1.29, 1.82) is 0 Å². The highest BCUT2D eigenvalue weighted by Crippen LogP contribution is 2.29. The molecule has 0 atom stereocenters. The standard InChI is InChI=1S/C19H19N3O2S/c1-12-8-14(3)15(9-13(12)2)16-11-25-19(20-16)21-17(23)10-22-7-5-4-6-18(22)24/h4-9,11H,10H2,1-3H3,(H,20,21,23). The molecule has 3 aromatic rings. The van der Waals surface area contributed by atoms with Crippen LogP contribution in [0.1, 0.15) is 16.7 Å². The van der Waals surface area contributed by atoms with Crippen LogP contribution in [0.3, 0.4) is 0 Å². The summed E-state index contributed by atoms with van der Waals surface area (Å²) in [6.07, 6.45) is 1.59. The summed E-state index contributed by atoms with van der Waals surface area (Å²) in [7, 11) is 0. The predicted octanol–water partition coefficient (Wildman–Crippen LogP) is 3.54. The van der Waals surface area contributed by atoms with Crippen LogP contribution < -0.4 is 10.9 Å². The molecule has 25 heavy (non-hydrogen) atoms. The number of nitrogens with one attached hydrogen (secondary N) is 1. The fourth-order valence-corrected chi connectivity index (χ4v) is 3.32. The van der Waals surface area contributed by atoms with Crippen molar-refractivity contribution in [3.63, 3.8) is 0 Å². The average Bonchev–Trinajstić information content (AvgIpc) is 3.01. The number of nitrogens with zero attached hydrogens (tertiary/aromatic N) is 2. The number of pyridine rings is 1. The molecule has 1 N–H and O–H groups in total. The van der Waals surface area contributed by atoms with E-state index < -0.39 is 0 Å². The first-order valence-electron chi connectivity index (χ1n) is 7.93. The summed E-state index contributed by atoms with van der Waals surface area (Å²) in [6, 6.07) is 9.06. The van der Waals surface area contributed by atoms with Crippen LogP contribution in [-0.2, 0) is 11.3 Å². The number of aromatic nitrogens is 2. The van der Waals surface area contributed by atoms with Crippen LogP contribution in [0, 0.1) is 20.8 Å². The lowest BCUT2D eigenvalue weighted by Crippen LogP contribution is -2.26. The molecule has 0 radical (unpaired) electrons. The first-order chi connectivity index (χ1) is 11.9. The first-order valence-corrected chi connectivity index (χ1v) is 8.81. The minimum Gasteiger partial charge on any atom is -0.306 e. The molecular weight excluding hydrogens is 334 g/mol. The highest BCUT2D eigenvalue weighted by Gasteiger charge is 2.11. The molecule has 2 aromatic heterocycles. The highest BCUT2D eigenvalue weighted by atomic mass is 32.1. The second-order valence-electron chi connectivity index (χ2n) is 6.00. The molecular formula is C19H19N3O2S. The van der Waals surface area contributed by atoms with Gasteiger partial charge in [0.15, 0.2) is 5.13 Å². The minimum atomic E-state index is -0.272. The van der Waals surface area contributed by atoms with E-state index >= 15 is 0 Å². The van der Waals surface area contributed by atoms with E-state index in [1.165, 1.54) is 33.1 Å². The van der Waals surface area contributed by atoms with Gasteiger partial charge in [-0.05, 0) is 49.6 Å². The highest BCUT2D eigenvalue weighted by molar-refractivity contribution is 7.14. The van der Waals surface area contributed by atoms with Crippen molar-refractivity contribution in [3.8, 4) is 11.3 Å². The quantitative estimate of drug-likeness (QED) is 0.780. The number of carbonyl (C=O) groups excluding carboxylic acids is 1. The molecule has 0 aliphatic heterocycles. The first kappa shape index (κ1) is 17.1. The molecule has 0 spiro atoms. The lowest BCUT2D eigenvalue weighted by Gasteiger charge is -2.07. The van der Waals surface area contributed by atoms with Crippen molar-refractivity contribution in [3.05, 3.63) is 69.0 Å². The van der Waals surface area contributed by atoms with Crippen LogP contribution in [0.15, 0.2) is 46.7 Å². The Labute approximate surface area is 150 Å². The largest absolute Gasteiger partial charge is 0.306 e. The van der Waals surface area contributed by atoms with Gasteiger partial charge < -0.3 is 9.88 Å². The number of rotatable bonds is 4. The number of hydrogen-bond donors (Lipinski definition) is 1. The van der Waals surface area contributed by atoms with Crippen molar-refractivity contribution in [2.45, 2.75) is 27.3 Å². The van der Waals surface area contributed by atoms with Gasteiger partial charge in [0.1, 0.15) is 6.54 Å². The maximum atomic E-state index is 12.1. The number of hydrogen-bond acceptors (Lipinski definition) is 4.